The van der Waals surface area contributed by atoms with Crippen molar-refractivity contribution in [2.75, 3.05) is 20.2 Å². The molecule has 1 fully saturated rings. The molecule has 0 saturated carbocycles. The van der Waals surface area contributed by atoms with Gasteiger partial charge in [0.2, 0.25) is 0 Å². The highest BCUT2D eigenvalue weighted by Gasteiger charge is 2.52. The van der Waals surface area contributed by atoms with Gasteiger partial charge >= 0.3 is 0 Å². The van der Waals surface area contributed by atoms with Gasteiger partial charge in [-0.05, 0) is 36.4 Å². The molecule has 3 aliphatic rings. The lowest BCUT2D eigenvalue weighted by Crippen LogP contribution is -3.12. The predicted molar refractivity (Wildman–Crippen MR) is 134 cm³/mol. The molecule has 1 spiro atoms. The summed E-state index contributed by atoms with van der Waals surface area (Å²) in [6.45, 7) is 3.15. The van der Waals surface area contributed by atoms with Gasteiger partial charge in [-0.2, -0.15) is 5.01 Å². The summed E-state index contributed by atoms with van der Waals surface area (Å²) in [4.78, 5) is 1.60. The second kappa shape index (κ2) is 8.66. The third-order valence-electron chi connectivity index (χ3n) is 7.29. The molecule has 0 amide bonds. The minimum Gasteiger partial charge on any atom is -0.497 e. The van der Waals surface area contributed by atoms with Crippen molar-refractivity contribution in [1.29, 1.82) is 0 Å². The van der Waals surface area contributed by atoms with Crippen LogP contribution in [0, 0.1) is 0 Å². The molecule has 34 heavy (non-hydrogen) atoms. The van der Waals surface area contributed by atoms with Crippen LogP contribution in [0.5, 0.6) is 11.5 Å². The molecular weight excluding hydrogens is 446 g/mol. The Bertz CT molecular complexity index is 1220. The number of piperidine rings is 1. The smallest absolute Gasteiger partial charge is 0.191 e. The van der Waals surface area contributed by atoms with Crippen LogP contribution in [0.25, 0.3) is 5.70 Å². The number of rotatable bonds is 4. The lowest BCUT2D eigenvalue weighted by Gasteiger charge is -2.50. The summed E-state index contributed by atoms with van der Waals surface area (Å²) in [6, 6.07) is 25.0. The highest BCUT2D eigenvalue weighted by atomic mass is 35.5. The van der Waals surface area contributed by atoms with E-state index in [1.165, 1.54) is 5.56 Å². The highest BCUT2D eigenvalue weighted by Crippen LogP contribution is 2.48. The Morgan fingerprint density at radius 2 is 1.88 bits per heavy atom. The zero-order valence-corrected chi connectivity index (χ0v) is 20.0. The normalized spacial score (nSPS) is 25.6. The zero-order valence-electron chi connectivity index (χ0n) is 19.3. The maximum atomic E-state index is 6.79. The van der Waals surface area contributed by atoms with E-state index in [1.54, 1.807) is 12.0 Å². The molecule has 3 aromatic carbocycles. The fourth-order valence-corrected chi connectivity index (χ4v) is 5.68. The SMILES string of the molecule is COc1cccc(C2=CC3c4cc(Cl)ccc4OC4(CC[NH+](Cc5ccccc5)CC4)N3N2)c1. The molecule has 174 valence electrons. The van der Waals surface area contributed by atoms with Crippen LogP contribution in [0.15, 0.2) is 78.9 Å². The number of ether oxygens (including phenoxy) is 2. The van der Waals surface area contributed by atoms with E-state index in [4.69, 9.17) is 21.1 Å². The van der Waals surface area contributed by atoms with Crippen molar-refractivity contribution < 1.29 is 14.4 Å². The van der Waals surface area contributed by atoms with E-state index in [9.17, 15) is 0 Å². The van der Waals surface area contributed by atoms with Gasteiger partial charge in [0.15, 0.2) is 5.72 Å². The molecule has 5 nitrogen and oxygen atoms in total. The third-order valence-corrected chi connectivity index (χ3v) is 7.52. The first-order valence-corrected chi connectivity index (χ1v) is 12.3. The van der Waals surface area contributed by atoms with Gasteiger partial charge in [-0.1, -0.05) is 54.1 Å². The highest BCUT2D eigenvalue weighted by molar-refractivity contribution is 6.30. The van der Waals surface area contributed by atoms with Gasteiger partial charge in [0.05, 0.1) is 44.8 Å². The monoisotopic (exact) mass is 474 g/mol. The van der Waals surface area contributed by atoms with E-state index in [1.807, 2.05) is 30.3 Å². The molecule has 1 unspecified atom stereocenters. The average Bonchev–Trinajstić information content (AvgIpc) is 3.34. The van der Waals surface area contributed by atoms with E-state index < -0.39 is 5.72 Å². The first-order valence-electron chi connectivity index (χ1n) is 11.9. The van der Waals surface area contributed by atoms with Crippen molar-refractivity contribution in [1.82, 2.24) is 10.4 Å². The molecule has 0 bridgehead atoms. The van der Waals surface area contributed by atoms with E-state index in [0.29, 0.717) is 0 Å². The Balaban J connectivity index is 1.30. The maximum absolute atomic E-state index is 6.79. The Morgan fingerprint density at radius 1 is 1.06 bits per heavy atom. The number of nitrogens with zero attached hydrogens (tertiary/aromatic N) is 1. The Labute approximate surface area is 205 Å². The summed E-state index contributed by atoms with van der Waals surface area (Å²) in [7, 11) is 1.70. The van der Waals surface area contributed by atoms with Crippen molar-refractivity contribution >= 4 is 17.3 Å². The first-order chi connectivity index (χ1) is 16.6. The lowest BCUT2D eigenvalue weighted by atomic mass is 9.92. The summed E-state index contributed by atoms with van der Waals surface area (Å²) < 4.78 is 12.3. The Hall–Kier alpha value is -2.99. The fraction of sp³-hybridized carbons (Fsp3) is 0.286. The Kier molecular flexibility index (Phi) is 5.48. The molecule has 6 heteroatoms. The molecule has 3 heterocycles. The number of nitrogens with one attached hydrogen (secondary N) is 2. The van der Waals surface area contributed by atoms with Crippen LogP contribution in [0.2, 0.25) is 5.02 Å². The number of hydrazine groups is 1. The molecule has 2 N–H and O–H groups in total. The molecule has 0 aliphatic carbocycles. The van der Waals surface area contributed by atoms with Gasteiger partial charge in [0, 0.05) is 21.7 Å². The summed E-state index contributed by atoms with van der Waals surface area (Å²) in [5.41, 5.74) is 7.96. The fourth-order valence-electron chi connectivity index (χ4n) is 5.50. The van der Waals surface area contributed by atoms with Crippen molar-refractivity contribution in [2.24, 2.45) is 0 Å². The van der Waals surface area contributed by atoms with E-state index in [2.05, 4.69) is 59.0 Å². The van der Waals surface area contributed by atoms with Crippen molar-refractivity contribution in [2.45, 2.75) is 31.2 Å². The molecule has 3 aromatic rings. The number of fused-ring (bicyclic) bond motifs is 4. The zero-order chi connectivity index (χ0) is 23.1. The second-order valence-electron chi connectivity index (χ2n) is 9.38. The standard InChI is InChI=1S/C28H28ClN3O2/c1-33-23-9-5-8-21(16-23)25-18-26-24-17-22(29)10-11-27(24)34-28(32(26)30-25)12-14-31(15-13-28)19-20-6-3-2-4-7-20/h2-11,16-18,26,30H,12-15,19H2,1H3/p+1. The van der Waals surface area contributed by atoms with Gasteiger partial charge in [0.1, 0.15) is 18.0 Å². The average molecular weight is 475 g/mol. The topological polar surface area (TPSA) is 38.2 Å². The molecule has 6 rings (SSSR count). The molecular formula is C28H29ClN3O2+. The van der Waals surface area contributed by atoms with Gasteiger partial charge in [-0.3, -0.25) is 0 Å². The first kappa shape index (κ1) is 21.5. The summed E-state index contributed by atoms with van der Waals surface area (Å²) in [5.74, 6) is 1.78. The van der Waals surface area contributed by atoms with Crippen molar-refractivity contribution in [3.8, 4) is 11.5 Å². The quantitative estimate of drug-likeness (QED) is 0.594. The van der Waals surface area contributed by atoms with Crippen molar-refractivity contribution in [3.05, 3.63) is 101 Å². The molecule has 3 aliphatic heterocycles. The number of hydrogen-bond donors (Lipinski definition) is 2. The van der Waals surface area contributed by atoms with E-state index in [-0.39, 0.29) is 6.04 Å². The molecule has 1 atom stereocenters. The van der Waals surface area contributed by atoms with Gasteiger partial charge < -0.3 is 19.8 Å². The summed E-state index contributed by atoms with van der Waals surface area (Å²) >= 11 is 6.40. The van der Waals surface area contributed by atoms with Gasteiger partial charge in [-0.25, -0.2) is 0 Å². The van der Waals surface area contributed by atoms with Crippen molar-refractivity contribution in [3.63, 3.8) is 0 Å². The summed E-state index contributed by atoms with van der Waals surface area (Å²) in [5, 5.41) is 3.04. The molecule has 0 aromatic heterocycles. The van der Waals surface area contributed by atoms with Crippen LogP contribution < -0.4 is 19.8 Å². The van der Waals surface area contributed by atoms with E-state index in [0.717, 1.165) is 65.8 Å². The van der Waals surface area contributed by atoms with Crippen LogP contribution in [0.3, 0.4) is 0 Å². The number of likely N-dealkylation sites (tertiary alicyclic amines) is 1. The molecule has 1 saturated heterocycles. The summed E-state index contributed by atoms with van der Waals surface area (Å²) in [6.07, 6.45) is 4.18. The van der Waals surface area contributed by atoms with Crippen LogP contribution >= 0.6 is 11.6 Å². The minimum atomic E-state index is -0.400. The van der Waals surface area contributed by atoms with Crippen LogP contribution in [-0.4, -0.2) is 30.9 Å². The predicted octanol–water partition coefficient (Wildman–Crippen LogP) is 4.22. The second-order valence-corrected chi connectivity index (χ2v) is 9.82. The van der Waals surface area contributed by atoms with Crippen LogP contribution in [-0.2, 0) is 6.54 Å². The van der Waals surface area contributed by atoms with E-state index >= 15 is 0 Å². The number of benzene rings is 3. The van der Waals surface area contributed by atoms with Gasteiger partial charge in [0.25, 0.3) is 0 Å². The lowest BCUT2D eigenvalue weighted by molar-refractivity contribution is -0.921. The number of methoxy groups -OCH3 is 1. The Morgan fingerprint density at radius 3 is 2.68 bits per heavy atom. The third kappa shape index (κ3) is 3.84. The molecule has 0 radical (unpaired) electrons. The number of hydrogen-bond acceptors (Lipinski definition) is 4. The van der Waals surface area contributed by atoms with Crippen LogP contribution in [0.1, 0.15) is 35.6 Å². The van der Waals surface area contributed by atoms with Gasteiger partial charge in [-0.15, -0.1) is 0 Å². The largest absolute Gasteiger partial charge is 0.497 e. The number of halogens is 1. The van der Waals surface area contributed by atoms with Crippen LogP contribution in [0.4, 0.5) is 0 Å². The maximum Gasteiger partial charge on any atom is 0.191 e. The minimum absolute atomic E-state index is 0.0549. The number of quaternary nitrogens is 1.